The fourth-order valence-corrected chi connectivity index (χ4v) is 2.80. The molecule has 1 heterocycles. The van der Waals surface area contributed by atoms with E-state index in [2.05, 4.69) is 19.2 Å². The number of hydrogen-bond acceptors (Lipinski definition) is 2. The van der Waals surface area contributed by atoms with Gasteiger partial charge in [-0.1, -0.05) is 46.0 Å². The third-order valence-electron chi connectivity index (χ3n) is 3.94. The largest absolute Gasteiger partial charge is 0.377 e. The summed E-state index contributed by atoms with van der Waals surface area (Å²) in [7, 11) is 0. The smallest absolute Gasteiger partial charge is 0.0728 e. The molecule has 1 aliphatic heterocycles. The maximum Gasteiger partial charge on any atom is 0.0728 e. The summed E-state index contributed by atoms with van der Waals surface area (Å²) in [5.74, 6) is 0. The van der Waals surface area contributed by atoms with Crippen LogP contribution in [-0.4, -0.2) is 25.3 Å². The lowest BCUT2D eigenvalue weighted by Crippen LogP contribution is -2.43. The number of nitrogens with one attached hydrogen (secondary N) is 1. The van der Waals surface area contributed by atoms with Crippen LogP contribution in [0.1, 0.15) is 78.1 Å². The normalized spacial score (nSPS) is 22.0. The first-order valence-electron chi connectivity index (χ1n) is 8.23. The first kappa shape index (κ1) is 16.0. The van der Waals surface area contributed by atoms with Crippen molar-refractivity contribution in [2.45, 2.75) is 90.2 Å². The van der Waals surface area contributed by atoms with Crippen LogP contribution in [0.25, 0.3) is 0 Å². The highest BCUT2D eigenvalue weighted by Gasteiger charge is 2.23. The molecule has 2 atom stereocenters. The van der Waals surface area contributed by atoms with E-state index in [0.29, 0.717) is 12.1 Å². The quantitative estimate of drug-likeness (QED) is 0.588. The van der Waals surface area contributed by atoms with Crippen LogP contribution in [0.2, 0.25) is 0 Å². The summed E-state index contributed by atoms with van der Waals surface area (Å²) in [5.41, 5.74) is 0. The van der Waals surface area contributed by atoms with Crippen molar-refractivity contribution in [3.8, 4) is 0 Å². The van der Waals surface area contributed by atoms with E-state index in [1.165, 1.54) is 64.2 Å². The fraction of sp³-hybridized carbons (Fsp3) is 1.00. The molecule has 0 aromatic carbocycles. The minimum atomic E-state index is 0.483. The first-order chi connectivity index (χ1) is 8.88. The molecule has 18 heavy (non-hydrogen) atoms. The molecule has 1 fully saturated rings. The van der Waals surface area contributed by atoms with Crippen molar-refractivity contribution < 1.29 is 4.74 Å². The summed E-state index contributed by atoms with van der Waals surface area (Å²) < 4.78 is 5.95. The number of rotatable bonds is 10. The van der Waals surface area contributed by atoms with Gasteiger partial charge in [-0.25, -0.2) is 0 Å². The summed E-state index contributed by atoms with van der Waals surface area (Å²) >= 11 is 0. The van der Waals surface area contributed by atoms with Crippen molar-refractivity contribution >= 4 is 0 Å². The van der Waals surface area contributed by atoms with Gasteiger partial charge in [0.15, 0.2) is 0 Å². The monoisotopic (exact) mass is 255 g/mol. The van der Waals surface area contributed by atoms with E-state index in [4.69, 9.17) is 4.74 Å². The van der Waals surface area contributed by atoms with E-state index < -0.39 is 0 Å². The summed E-state index contributed by atoms with van der Waals surface area (Å²) in [4.78, 5) is 0. The molecule has 0 aromatic rings. The molecule has 0 amide bonds. The molecule has 1 rings (SSSR count). The van der Waals surface area contributed by atoms with Gasteiger partial charge in [0.25, 0.3) is 0 Å². The average molecular weight is 255 g/mol. The Hall–Kier alpha value is -0.0800. The van der Waals surface area contributed by atoms with E-state index in [-0.39, 0.29) is 0 Å². The van der Waals surface area contributed by atoms with Crippen LogP contribution >= 0.6 is 0 Å². The Morgan fingerprint density at radius 3 is 2.56 bits per heavy atom. The molecule has 0 spiro atoms. The second kappa shape index (κ2) is 10.8. The summed E-state index contributed by atoms with van der Waals surface area (Å²) in [6.07, 6.45) is 13.8. The van der Waals surface area contributed by atoms with Gasteiger partial charge in [0.05, 0.1) is 6.10 Å². The van der Waals surface area contributed by atoms with Crippen molar-refractivity contribution in [2.24, 2.45) is 0 Å². The van der Waals surface area contributed by atoms with Crippen LogP contribution in [-0.2, 0) is 4.74 Å². The minimum absolute atomic E-state index is 0.483. The summed E-state index contributed by atoms with van der Waals surface area (Å²) in [6.45, 7) is 6.64. The van der Waals surface area contributed by atoms with Crippen LogP contribution < -0.4 is 5.32 Å². The summed E-state index contributed by atoms with van der Waals surface area (Å²) in [6, 6.07) is 0.604. The van der Waals surface area contributed by atoms with Gasteiger partial charge in [0.2, 0.25) is 0 Å². The third kappa shape index (κ3) is 6.75. The van der Waals surface area contributed by atoms with Crippen molar-refractivity contribution in [2.75, 3.05) is 13.2 Å². The van der Waals surface area contributed by atoms with Crippen molar-refractivity contribution in [1.82, 2.24) is 5.32 Å². The van der Waals surface area contributed by atoms with Crippen molar-refractivity contribution in [3.63, 3.8) is 0 Å². The van der Waals surface area contributed by atoms with Gasteiger partial charge in [-0.2, -0.15) is 0 Å². The molecule has 2 heteroatoms. The van der Waals surface area contributed by atoms with Gasteiger partial charge in [-0.05, 0) is 38.6 Å². The van der Waals surface area contributed by atoms with Gasteiger partial charge < -0.3 is 10.1 Å². The highest BCUT2D eigenvalue weighted by Crippen LogP contribution is 2.19. The van der Waals surface area contributed by atoms with E-state index in [0.717, 1.165) is 13.2 Å². The topological polar surface area (TPSA) is 21.3 Å². The van der Waals surface area contributed by atoms with E-state index >= 15 is 0 Å². The second-order valence-corrected chi connectivity index (χ2v) is 5.67. The molecule has 0 radical (unpaired) electrons. The van der Waals surface area contributed by atoms with E-state index in [1.807, 2.05) is 0 Å². The van der Waals surface area contributed by atoms with Crippen molar-refractivity contribution in [3.05, 3.63) is 0 Å². The van der Waals surface area contributed by atoms with Gasteiger partial charge in [0, 0.05) is 12.6 Å². The van der Waals surface area contributed by atoms with Crippen LogP contribution in [0.3, 0.4) is 0 Å². The van der Waals surface area contributed by atoms with Gasteiger partial charge in [0.1, 0.15) is 0 Å². The Kier molecular flexibility index (Phi) is 9.59. The Morgan fingerprint density at radius 1 is 1.06 bits per heavy atom. The zero-order valence-electron chi connectivity index (χ0n) is 12.5. The first-order valence-corrected chi connectivity index (χ1v) is 8.23. The van der Waals surface area contributed by atoms with Gasteiger partial charge in [-0.15, -0.1) is 0 Å². The van der Waals surface area contributed by atoms with Crippen LogP contribution in [0.5, 0.6) is 0 Å². The molecule has 1 saturated heterocycles. The molecular weight excluding hydrogens is 222 g/mol. The van der Waals surface area contributed by atoms with Crippen molar-refractivity contribution in [1.29, 1.82) is 0 Å². The Balaban J connectivity index is 2.21. The average Bonchev–Trinajstić information content (AvgIpc) is 2.43. The SMILES string of the molecule is CCCCCCCC(NCCC)C1CCCCO1. The lowest BCUT2D eigenvalue weighted by Gasteiger charge is -2.31. The Bertz CT molecular complexity index is 178. The van der Waals surface area contributed by atoms with Gasteiger partial charge in [-0.3, -0.25) is 0 Å². The van der Waals surface area contributed by atoms with Crippen LogP contribution in [0.15, 0.2) is 0 Å². The standard InChI is InChI=1S/C16H33NO/c1-3-5-6-7-8-11-15(17-13-4-2)16-12-9-10-14-18-16/h15-17H,3-14H2,1-2H3. The molecular formula is C16H33NO. The maximum atomic E-state index is 5.95. The van der Waals surface area contributed by atoms with E-state index in [1.54, 1.807) is 0 Å². The Morgan fingerprint density at radius 2 is 1.89 bits per heavy atom. The molecule has 0 aromatic heterocycles. The number of hydrogen-bond donors (Lipinski definition) is 1. The third-order valence-corrected chi connectivity index (χ3v) is 3.94. The highest BCUT2D eigenvalue weighted by molar-refractivity contribution is 4.79. The van der Waals surface area contributed by atoms with Crippen LogP contribution in [0.4, 0.5) is 0 Å². The number of ether oxygens (including phenoxy) is 1. The lowest BCUT2D eigenvalue weighted by atomic mass is 9.96. The predicted molar refractivity (Wildman–Crippen MR) is 79.0 cm³/mol. The molecule has 0 aliphatic carbocycles. The molecule has 2 unspecified atom stereocenters. The van der Waals surface area contributed by atoms with Crippen LogP contribution in [0, 0.1) is 0 Å². The minimum Gasteiger partial charge on any atom is -0.377 e. The summed E-state index contributed by atoms with van der Waals surface area (Å²) in [5, 5.41) is 3.71. The maximum absolute atomic E-state index is 5.95. The molecule has 2 nitrogen and oxygen atoms in total. The molecule has 0 bridgehead atoms. The van der Waals surface area contributed by atoms with Gasteiger partial charge >= 0.3 is 0 Å². The molecule has 0 saturated carbocycles. The number of unbranched alkanes of at least 4 members (excludes halogenated alkanes) is 4. The lowest BCUT2D eigenvalue weighted by molar-refractivity contribution is -0.00971. The molecule has 1 aliphatic rings. The predicted octanol–water partition coefficient (Wildman–Crippen LogP) is 4.28. The second-order valence-electron chi connectivity index (χ2n) is 5.67. The molecule has 108 valence electrons. The fourth-order valence-electron chi connectivity index (χ4n) is 2.80. The Labute approximate surface area is 114 Å². The zero-order valence-corrected chi connectivity index (χ0v) is 12.5. The zero-order chi connectivity index (χ0) is 13.1. The molecule has 1 N–H and O–H groups in total. The van der Waals surface area contributed by atoms with E-state index in [9.17, 15) is 0 Å². The highest BCUT2D eigenvalue weighted by atomic mass is 16.5.